The predicted molar refractivity (Wildman–Crippen MR) is 98.0 cm³/mol. The van der Waals surface area contributed by atoms with E-state index in [4.69, 9.17) is 0 Å². The van der Waals surface area contributed by atoms with Crippen LogP contribution in [0.3, 0.4) is 0 Å². The first-order valence-electron chi connectivity index (χ1n) is 9.16. The Kier molecular flexibility index (Phi) is 3.33. The maximum Gasteiger partial charge on any atom is 0.256 e. The van der Waals surface area contributed by atoms with Crippen LogP contribution in [0.4, 0.5) is 5.69 Å². The van der Waals surface area contributed by atoms with Gasteiger partial charge in [0.1, 0.15) is 5.54 Å². The molecule has 132 valence electrons. The Hall–Kier alpha value is -2.50. The zero-order valence-corrected chi connectivity index (χ0v) is 14.7. The minimum atomic E-state index is -0.816. The van der Waals surface area contributed by atoms with Crippen LogP contribution in [-0.4, -0.2) is 40.5 Å². The number of benzene rings is 2. The van der Waals surface area contributed by atoms with Crippen LogP contribution in [0.2, 0.25) is 0 Å². The normalized spacial score (nSPS) is 31.5. The molecule has 3 aliphatic rings. The molecule has 3 fully saturated rings. The number of rotatable bonds is 2. The molecule has 0 aromatic heterocycles. The number of nitrogens with zero attached hydrogens (tertiary/aromatic N) is 3. The van der Waals surface area contributed by atoms with Crippen molar-refractivity contribution in [2.75, 3.05) is 18.0 Å². The van der Waals surface area contributed by atoms with Crippen molar-refractivity contribution in [3.8, 4) is 0 Å². The molecular formula is C21H21N3O2. The van der Waals surface area contributed by atoms with Crippen LogP contribution >= 0.6 is 0 Å². The number of para-hydroxylation sites is 1. The number of imide groups is 1. The lowest BCUT2D eigenvalue weighted by molar-refractivity contribution is -0.131. The standard InChI is InChI=1S/C21H21N3O2/c1-21-17(19(25)24(20(21)26)16-11-6-3-7-12-16)18(15-9-4-2-5-10-15)22-13-8-14-23(21)22/h2-7,9-12,17-18H,8,13-14H2,1H3/t17-,18-,21+/m0/s1. The molecule has 0 spiro atoms. The third-order valence-corrected chi connectivity index (χ3v) is 6.12. The summed E-state index contributed by atoms with van der Waals surface area (Å²) >= 11 is 0. The van der Waals surface area contributed by atoms with E-state index in [-0.39, 0.29) is 17.9 Å². The molecule has 2 aromatic rings. The number of hydrogen-bond donors (Lipinski definition) is 0. The molecule has 0 N–H and O–H groups in total. The Morgan fingerprint density at radius 1 is 0.923 bits per heavy atom. The van der Waals surface area contributed by atoms with Crippen molar-refractivity contribution in [1.29, 1.82) is 0 Å². The van der Waals surface area contributed by atoms with E-state index in [1.807, 2.05) is 55.5 Å². The van der Waals surface area contributed by atoms with Crippen molar-refractivity contribution in [3.05, 3.63) is 66.2 Å². The third-order valence-electron chi connectivity index (χ3n) is 6.12. The molecule has 0 unspecified atom stereocenters. The average molecular weight is 347 g/mol. The van der Waals surface area contributed by atoms with Gasteiger partial charge in [-0.15, -0.1) is 0 Å². The fourth-order valence-corrected chi connectivity index (χ4v) is 4.98. The van der Waals surface area contributed by atoms with Gasteiger partial charge >= 0.3 is 0 Å². The number of carbonyl (C=O) groups excluding carboxylic acids is 2. The number of fused-ring (bicyclic) bond motifs is 3. The molecule has 0 saturated carbocycles. The van der Waals surface area contributed by atoms with Crippen LogP contribution in [0, 0.1) is 5.92 Å². The van der Waals surface area contributed by atoms with Crippen molar-refractivity contribution in [2.45, 2.75) is 24.9 Å². The molecule has 5 rings (SSSR count). The summed E-state index contributed by atoms with van der Waals surface area (Å²) in [5.41, 5.74) is 0.948. The second-order valence-corrected chi connectivity index (χ2v) is 7.43. The van der Waals surface area contributed by atoms with Gasteiger partial charge in [-0.2, -0.15) is 0 Å². The maximum absolute atomic E-state index is 13.5. The van der Waals surface area contributed by atoms with Gasteiger partial charge < -0.3 is 0 Å². The molecule has 2 aromatic carbocycles. The second kappa shape index (κ2) is 5.50. The van der Waals surface area contributed by atoms with E-state index in [0.717, 1.165) is 25.1 Å². The molecule has 0 bridgehead atoms. The molecule has 3 heterocycles. The molecule has 0 aliphatic carbocycles. The molecule has 5 nitrogen and oxygen atoms in total. The first-order chi connectivity index (χ1) is 12.6. The van der Waals surface area contributed by atoms with Gasteiger partial charge in [0.05, 0.1) is 17.6 Å². The van der Waals surface area contributed by atoms with Gasteiger partial charge in [0.2, 0.25) is 5.91 Å². The Labute approximate surface area is 152 Å². The summed E-state index contributed by atoms with van der Waals surface area (Å²) in [6.45, 7) is 3.65. The quantitative estimate of drug-likeness (QED) is 0.784. The fourth-order valence-electron chi connectivity index (χ4n) is 4.98. The highest BCUT2D eigenvalue weighted by Gasteiger charge is 2.70. The van der Waals surface area contributed by atoms with E-state index in [0.29, 0.717) is 5.69 Å². The lowest BCUT2D eigenvalue weighted by Crippen LogP contribution is -2.52. The van der Waals surface area contributed by atoms with Crippen LogP contribution in [0.25, 0.3) is 0 Å². The van der Waals surface area contributed by atoms with Crippen molar-refractivity contribution in [1.82, 2.24) is 10.0 Å². The summed E-state index contributed by atoms with van der Waals surface area (Å²) in [7, 11) is 0. The highest BCUT2D eigenvalue weighted by Crippen LogP contribution is 2.54. The monoisotopic (exact) mass is 347 g/mol. The van der Waals surface area contributed by atoms with E-state index in [1.165, 1.54) is 4.90 Å². The van der Waals surface area contributed by atoms with Crippen molar-refractivity contribution < 1.29 is 9.59 Å². The highest BCUT2D eigenvalue weighted by atomic mass is 16.2. The zero-order valence-electron chi connectivity index (χ0n) is 14.7. The summed E-state index contributed by atoms with van der Waals surface area (Å²) in [6.07, 6.45) is 1.01. The molecule has 0 radical (unpaired) electrons. The van der Waals surface area contributed by atoms with Crippen LogP contribution in [0.15, 0.2) is 60.7 Å². The molecule has 3 aliphatic heterocycles. The van der Waals surface area contributed by atoms with Gasteiger partial charge in [0.25, 0.3) is 5.91 Å². The summed E-state index contributed by atoms with van der Waals surface area (Å²) in [5, 5.41) is 4.40. The number of hydrazine groups is 1. The largest absolute Gasteiger partial charge is 0.274 e. The van der Waals surface area contributed by atoms with Crippen molar-refractivity contribution in [3.63, 3.8) is 0 Å². The molecular weight excluding hydrogens is 326 g/mol. The fraction of sp³-hybridized carbons (Fsp3) is 0.333. The van der Waals surface area contributed by atoms with Crippen LogP contribution in [0.5, 0.6) is 0 Å². The van der Waals surface area contributed by atoms with E-state index < -0.39 is 11.5 Å². The van der Waals surface area contributed by atoms with E-state index in [9.17, 15) is 9.59 Å². The minimum Gasteiger partial charge on any atom is -0.274 e. The van der Waals surface area contributed by atoms with Gasteiger partial charge in [-0.1, -0.05) is 48.5 Å². The van der Waals surface area contributed by atoms with Crippen LogP contribution in [-0.2, 0) is 9.59 Å². The summed E-state index contributed by atoms with van der Waals surface area (Å²) < 4.78 is 0. The summed E-state index contributed by atoms with van der Waals surface area (Å²) in [4.78, 5) is 28.3. The summed E-state index contributed by atoms with van der Waals surface area (Å²) in [6, 6.07) is 19.3. The number of anilines is 1. The van der Waals surface area contributed by atoms with Gasteiger partial charge in [0, 0.05) is 13.1 Å². The molecule has 3 saturated heterocycles. The van der Waals surface area contributed by atoms with Gasteiger partial charge in [-0.05, 0) is 31.0 Å². The average Bonchev–Trinajstić information content (AvgIpc) is 3.29. The Bertz CT molecular complexity index is 869. The molecule has 5 heteroatoms. The topological polar surface area (TPSA) is 43.9 Å². The first-order valence-corrected chi connectivity index (χ1v) is 9.16. The van der Waals surface area contributed by atoms with Gasteiger partial charge in [-0.3, -0.25) is 9.59 Å². The second-order valence-electron chi connectivity index (χ2n) is 7.43. The Balaban J connectivity index is 1.65. The smallest absolute Gasteiger partial charge is 0.256 e. The lowest BCUT2D eigenvalue weighted by atomic mass is 9.81. The Morgan fingerprint density at radius 3 is 2.27 bits per heavy atom. The van der Waals surface area contributed by atoms with E-state index in [2.05, 4.69) is 22.2 Å². The minimum absolute atomic E-state index is 0.0890. The predicted octanol–water partition coefficient (Wildman–Crippen LogP) is 2.61. The molecule has 3 atom stereocenters. The first kappa shape index (κ1) is 15.7. The van der Waals surface area contributed by atoms with Gasteiger partial charge in [0.15, 0.2) is 0 Å². The third kappa shape index (κ3) is 1.87. The Morgan fingerprint density at radius 2 is 1.58 bits per heavy atom. The zero-order chi connectivity index (χ0) is 17.9. The van der Waals surface area contributed by atoms with E-state index in [1.54, 1.807) is 0 Å². The molecule has 26 heavy (non-hydrogen) atoms. The van der Waals surface area contributed by atoms with Crippen molar-refractivity contribution in [2.24, 2.45) is 5.92 Å². The lowest BCUT2D eigenvalue weighted by Gasteiger charge is -2.33. The maximum atomic E-state index is 13.5. The SMILES string of the molecule is C[C@]12C(=O)N(c3ccccc3)C(=O)[C@@H]1[C@H](c1ccccc1)N1CCCN12. The van der Waals surface area contributed by atoms with Crippen LogP contribution in [0.1, 0.15) is 24.9 Å². The highest BCUT2D eigenvalue weighted by molar-refractivity contribution is 6.25. The number of carbonyl (C=O) groups is 2. The number of amides is 2. The van der Waals surface area contributed by atoms with E-state index >= 15 is 0 Å². The number of hydrogen-bond acceptors (Lipinski definition) is 4. The van der Waals surface area contributed by atoms with Crippen molar-refractivity contribution >= 4 is 17.5 Å². The molecule has 2 amide bonds. The van der Waals surface area contributed by atoms with Gasteiger partial charge in [-0.25, -0.2) is 14.9 Å². The summed E-state index contributed by atoms with van der Waals surface area (Å²) in [5.74, 6) is -0.589. The van der Waals surface area contributed by atoms with Crippen LogP contribution < -0.4 is 4.90 Å².